The highest BCUT2D eigenvalue weighted by Crippen LogP contribution is 2.38. The van der Waals surface area contributed by atoms with Gasteiger partial charge in [0.25, 0.3) is 5.24 Å². The van der Waals surface area contributed by atoms with E-state index in [1.165, 1.54) is 12.0 Å². The van der Waals surface area contributed by atoms with E-state index < -0.39 is 5.25 Å². The third-order valence-electron chi connectivity index (χ3n) is 3.46. The number of nitrogens with zero attached hydrogens (tertiary/aromatic N) is 1. The first-order chi connectivity index (χ1) is 11.5. The molecule has 0 spiro atoms. The van der Waals surface area contributed by atoms with Gasteiger partial charge in [0.05, 0.1) is 17.4 Å². The van der Waals surface area contributed by atoms with Crippen LogP contribution in [-0.2, 0) is 11.2 Å². The Kier molecular flexibility index (Phi) is 6.41. The molecule has 1 heterocycles. The van der Waals surface area contributed by atoms with Gasteiger partial charge in [-0.3, -0.25) is 14.5 Å². The second kappa shape index (κ2) is 8.32. The fourth-order valence-corrected chi connectivity index (χ4v) is 3.76. The lowest BCUT2D eigenvalue weighted by molar-refractivity contribution is -0.126. The summed E-state index contributed by atoms with van der Waals surface area (Å²) >= 11 is 7.29. The summed E-state index contributed by atoms with van der Waals surface area (Å²) in [4.78, 5) is 25.6. The highest BCUT2D eigenvalue weighted by molar-refractivity contribution is 8.15. The van der Waals surface area contributed by atoms with Crippen LogP contribution < -0.4 is 9.47 Å². The highest BCUT2D eigenvalue weighted by Gasteiger charge is 2.39. The molecule has 1 aromatic rings. The molecule has 128 valence electrons. The number of hydrogen-bond donors (Lipinski definition) is 0. The maximum Gasteiger partial charge on any atom is 0.289 e. The first-order valence-electron chi connectivity index (χ1n) is 7.46. The van der Waals surface area contributed by atoms with Gasteiger partial charge in [-0.1, -0.05) is 36.2 Å². The largest absolute Gasteiger partial charge is 0.493 e. The zero-order valence-electron chi connectivity index (χ0n) is 13.5. The maximum absolute atomic E-state index is 12.3. The van der Waals surface area contributed by atoms with Gasteiger partial charge in [0.2, 0.25) is 5.91 Å². The molecule has 0 aliphatic carbocycles. The minimum atomic E-state index is -0.442. The van der Waals surface area contributed by atoms with Gasteiger partial charge in [-0.25, -0.2) is 0 Å². The number of benzene rings is 1. The zero-order valence-corrected chi connectivity index (χ0v) is 15.1. The van der Waals surface area contributed by atoms with Gasteiger partial charge < -0.3 is 9.47 Å². The molecule has 7 heteroatoms. The van der Waals surface area contributed by atoms with E-state index in [1.54, 1.807) is 12.1 Å². The second-order valence-corrected chi connectivity index (χ2v) is 6.73. The quantitative estimate of drug-likeness (QED) is 0.691. The van der Waals surface area contributed by atoms with Crippen molar-refractivity contribution in [2.45, 2.75) is 25.0 Å². The van der Waals surface area contributed by atoms with E-state index in [-0.39, 0.29) is 17.8 Å². The number of methoxy groups -OCH3 is 1. The Labute approximate surface area is 150 Å². The van der Waals surface area contributed by atoms with Crippen LogP contribution in [0.5, 0.6) is 11.5 Å². The average molecular weight is 368 g/mol. The van der Waals surface area contributed by atoms with E-state index in [2.05, 4.69) is 5.92 Å². The molecular formula is C17H18ClNO4S. The van der Waals surface area contributed by atoms with Crippen molar-refractivity contribution in [2.75, 3.05) is 20.3 Å². The van der Waals surface area contributed by atoms with Gasteiger partial charge in [0.15, 0.2) is 11.5 Å². The van der Waals surface area contributed by atoms with E-state index in [1.807, 2.05) is 6.92 Å². The van der Waals surface area contributed by atoms with Crippen LogP contribution in [0, 0.1) is 12.3 Å². The third kappa shape index (κ3) is 3.97. The van der Waals surface area contributed by atoms with Crippen molar-refractivity contribution in [1.29, 1.82) is 0 Å². The summed E-state index contributed by atoms with van der Waals surface area (Å²) in [7, 11) is 1.50. The molecule has 0 radical (unpaired) electrons. The Morgan fingerprint density at radius 1 is 1.42 bits per heavy atom. The maximum atomic E-state index is 12.3. The first-order valence-corrected chi connectivity index (χ1v) is 8.72. The van der Waals surface area contributed by atoms with Gasteiger partial charge in [0.1, 0.15) is 6.61 Å². The molecule has 1 aliphatic heterocycles. The Morgan fingerprint density at radius 2 is 2.17 bits per heavy atom. The number of carbonyl (C=O) groups is 2. The summed E-state index contributed by atoms with van der Waals surface area (Å²) in [5.74, 6) is 3.03. The number of terminal acetylenes is 1. The number of hydrogen-bond acceptors (Lipinski definition) is 5. The summed E-state index contributed by atoms with van der Waals surface area (Å²) in [6.45, 7) is 2.45. The Bertz CT molecular complexity index is 686. The summed E-state index contributed by atoms with van der Waals surface area (Å²) < 4.78 is 10.7. The first kappa shape index (κ1) is 18.5. The van der Waals surface area contributed by atoms with Crippen LogP contribution in [0.4, 0.5) is 4.79 Å². The van der Waals surface area contributed by atoms with Crippen molar-refractivity contribution in [3.8, 4) is 23.8 Å². The smallest absolute Gasteiger partial charge is 0.289 e. The van der Waals surface area contributed by atoms with Crippen LogP contribution in [0.25, 0.3) is 0 Å². The number of ether oxygens (including phenoxy) is 2. The number of rotatable bonds is 7. The molecule has 0 saturated carbocycles. The number of carbonyl (C=O) groups excluding carboxylic acids is 2. The molecule has 0 bridgehead atoms. The van der Waals surface area contributed by atoms with Crippen LogP contribution in [0.2, 0.25) is 5.02 Å². The predicted octanol–water partition coefficient (Wildman–Crippen LogP) is 3.38. The molecule has 0 aromatic heterocycles. The molecular weight excluding hydrogens is 350 g/mol. The fourth-order valence-electron chi connectivity index (χ4n) is 2.41. The van der Waals surface area contributed by atoms with Gasteiger partial charge in [-0.2, -0.15) is 0 Å². The lowest BCUT2D eigenvalue weighted by Gasteiger charge is -2.15. The fraction of sp³-hybridized carbons (Fsp3) is 0.412. The monoisotopic (exact) mass is 367 g/mol. The Morgan fingerprint density at radius 3 is 2.79 bits per heavy atom. The van der Waals surface area contributed by atoms with Crippen molar-refractivity contribution in [2.24, 2.45) is 0 Å². The predicted molar refractivity (Wildman–Crippen MR) is 94.8 cm³/mol. The molecule has 1 aliphatic rings. The number of amides is 2. The lowest BCUT2D eigenvalue weighted by Crippen LogP contribution is -2.32. The standard InChI is InChI=1S/C17H18ClNO4S/c1-4-6-19-16(20)14(24-17(19)21)10-11-8-12(18)15(23-7-5-2)13(9-11)22-3/h2,8-9,14H,4,6-7,10H2,1,3H3/t14-/m0/s1. The number of thioether (sulfide) groups is 1. The molecule has 2 amide bonds. The Hall–Kier alpha value is -1.84. The van der Waals surface area contributed by atoms with E-state index in [0.29, 0.717) is 29.5 Å². The molecule has 24 heavy (non-hydrogen) atoms. The van der Waals surface area contributed by atoms with E-state index in [9.17, 15) is 9.59 Å². The van der Waals surface area contributed by atoms with E-state index in [0.717, 1.165) is 23.7 Å². The summed E-state index contributed by atoms with van der Waals surface area (Å²) in [5.41, 5.74) is 0.793. The number of halogens is 1. The molecule has 1 saturated heterocycles. The minimum Gasteiger partial charge on any atom is -0.493 e. The van der Waals surface area contributed by atoms with Crippen LogP contribution in [-0.4, -0.2) is 41.6 Å². The summed E-state index contributed by atoms with van der Waals surface area (Å²) in [6, 6.07) is 3.45. The van der Waals surface area contributed by atoms with Crippen LogP contribution in [0.15, 0.2) is 12.1 Å². The summed E-state index contributed by atoms with van der Waals surface area (Å²) in [6.07, 6.45) is 6.32. The Balaban J connectivity index is 2.19. The molecule has 1 fully saturated rings. The van der Waals surface area contributed by atoms with Crippen LogP contribution in [0.3, 0.4) is 0 Å². The van der Waals surface area contributed by atoms with Crippen LogP contribution in [0.1, 0.15) is 18.9 Å². The topological polar surface area (TPSA) is 55.8 Å². The summed E-state index contributed by atoms with van der Waals surface area (Å²) in [5, 5.41) is -0.284. The van der Waals surface area contributed by atoms with Crippen molar-refractivity contribution in [1.82, 2.24) is 4.90 Å². The lowest BCUT2D eigenvalue weighted by atomic mass is 10.1. The van der Waals surface area contributed by atoms with Crippen molar-refractivity contribution < 1.29 is 19.1 Å². The SMILES string of the molecule is C#CCOc1c(Cl)cc(C[C@@H]2SC(=O)N(CCC)C2=O)cc1OC. The van der Waals surface area contributed by atoms with Gasteiger partial charge in [-0.15, -0.1) is 6.42 Å². The molecule has 2 rings (SSSR count). The minimum absolute atomic E-state index is 0.0763. The third-order valence-corrected chi connectivity index (χ3v) is 4.82. The zero-order chi connectivity index (χ0) is 17.7. The van der Waals surface area contributed by atoms with Crippen LogP contribution >= 0.6 is 23.4 Å². The molecule has 0 unspecified atom stereocenters. The van der Waals surface area contributed by atoms with Crippen molar-refractivity contribution >= 4 is 34.5 Å². The van der Waals surface area contributed by atoms with Gasteiger partial charge in [0, 0.05) is 6.54 Å². The van der Waals surface area contributed by atoms with Crippen molar-refractivity contribution in [3.05, 3.63) is 22.7 Å². The second-order valence-electron chi connectivity index (χ2n) is 5.17. The van der Waals surface area contributed by atoms with Gasteiger partial charge in [-0.05, 0) is 30.5 Å². The number of imide groups is 1. The molecule has 0 N–H and O–H groups in total. The highest BCUT2D eigenvalue weighted by atomic mass is 35.5. The van der Waals surface area contributed by atoms with E-state index in [4.69, 9.17) is 27.5 Å². The molecule has 1 aromatic carbocycles. The van der Waals surface area contributed by atoms with Gasteiger partial charge >= 0.3 is 0 Å². The van der Waals surface area contributed by atoms with E-state index >= 15 is 0 Å². The normalized spacial score (nSPS) is 17.1. The van der Waals surface area contributed by atoms with Crippen molar-refractivity contribution in [3.63, 3.8) is 0 Å². The molecule has 1 atom stereocenters. The average Bonchev–Trinajstić information content (AvgIpc) is 2.81. The molecule has 5 nitrogen and oxygen atoms in total.